The molecule has 1 aliphatic heterocycles. The summed E-state index contributed by atoms with van der Waals surface area (Å²) in [5, 5.41) is 9.26. The number of hydrogen-bond donors (Lipinski definition) is 1. The first kappa shape index (κ1) is 25.4. The van der Waals surface area contributed by atoms with Crippen molar-refractivity contribution >= 4 is 55.3 Å². The molecule has 1 N–H and O–H groups in total. The lowest BCUT2D eigenvalue weighted by Gasteiger charge is -2.24. The van der Waals surface area contributed by atoms with Crippen LogP contribution >= 0.6 is 0 Å². The molecule has 1 unspecified atom stereocenters. The molecule has 0 bridgehead atoms. The Morgan fingerprint density at radius 2 is 1.24 bits per heavy atom. The van der Waals surface area contributed by atoms with E-state index in [4.69, 9.17) is 19.4 Å². The van der Waals surface area contributed by atoms with E-state index < -0.39 is 0 Å². The minimum absolute atomic E-state index is 0.305. The van der Waals surface area contributed by atoms with Gasteiger partial charge in [-0.15, -0.1) is 0 Å². The first-order chi connectivity index (χ1) is 22.3. The average Bonchev–Trinajstić information content (AvgIpc) is 3.49. The Bertz CT molecular complexity index is 2470. The SMILES string of the molecule is c1ccc(C2N=C(c3cccc4oc5cc(-c6ccc7ccccc7c6)cnc5c34)N=C(c3ccc4ccccc4c3)N2)cc1. The quantitative estimate of drug-likeness (QED) is 0.226. The highest BCUT2D eigenvalue weighted by Crippen LogP contribution is 2.35. The molecule has 5 heteroatoms. The van der Waals surface area contributed by atoms with E-state index in [1.807, 2.05) is 36.5 Å². The van der Waals surface area contributed by atoms with Crippen LogP contribution in [0.1, 0.15) is 22.9 Å². The molecule has 1 atom stereocenters. The molecule has 3 heterocycles. The van der Waals surface area contributed by atoms with Crippen molar-refractivity contribution in [2.24, 2.45) is 9.98 Å². The molecule has 0 saturated heterocycles. The topological polar surface area (TPSA) is 62.8 Å². The minimum Gasteiger partial charge on any atom is -0.454 e. The summed E-state index contributed by atoms with van der Waals surface area (Å²) in [7, 11) is 0. The van der Waals surface area contributed by atoms with Crippen LogP contribution in [0.5, 0.6) is 0 Å². The fourth-order valence-electron chi connectivity index (χ4n) is 6.26. The van der Waals surface area contributed by atoms with Crippen molar-refractivity contribution in [3.63, 3.8) is 0 Å². The van der Waals surface area contributed by atoms with Gasteiger partial charge in [-0.25, -0.2) is 9.98 Å². The number of rotatable bonds is 4. The Balaban J connectivity index is 1.19. The lowest BCUT2D eigenvalue weighted by molar-refractivity contribution is 0.667. The zero-order valence-corrected chi connectivity index (χ0v) is 24.2. The van der Waals surface area contributed by atoms with Gasteiger partial charge in [-0.2, -0.15) is 0 Å². The smallest absolute Gasteiger partial charge is 0.160 e. The molecule has 1 aliphatic rings. The second-order valence-electron chi connectivity index (χ2n) is 11.3. The molecular weight excluding hydrogens is 552 g/mol. The monoisotopic (exact) mass is 578 g/mol. The Morgan fingerprint density at radius 3 is 2.02 bits per heavy atom. The molecule has 212 valence electrons. The van der Waals surface area contributed by atoms with E-state index in [9.17, 15) is 0 Å². The summed E-state index contributed by atoms with van der Waals surface area (Å²) in [4.78, 5) is 15.2. The van der Waals surface area contributed by atoms with Crippen LogP contribution in [0.25, 0.3) is 54.7 Å². The van der Waals surface area contributed by atoms with Crippen molar-refractivity contribution < 1.29 is 4.42 Å². The summed E-state index contributed by atoms with van der Waals surface area (Å²) in [6.45, 7) is 0. The van der Waals surface area contributed by atoms with Crippen LogP contribution in [0.2, 0.25) is 0 Å². The van der Waals surface area contributed by atoms with Gasteiger partial charge >= 0.3 is 0 Å². The lowest BCUT2D eigenvalue weighted by Crippen LogP contribution is -2.33. The molecule has 5 nitrogen and oxygen atoms in total. The van der Waals surface area contributed by atoms with Crippen molar-refractivity contribution in [1.82, 2.24) is 10.3 Å². The van der Waals surface area contributed by atoms with E-state index >= 15 is 0 Å². The van der Waals surface area contributed by atoms with Crippen molar-refractivity contribution in [1.29, 1.82) is 0 Å². The molecule has 9 rings (SSSR count). The van der Waals surface area contributed by atoms with Gasteiger partial charge in [-0.1, -0.05) is 115 Å². The minimum atomic E-state index is -0.305. The summed E-state index contributed by atoms with van der Waals surface area (Å²) in [6.07, 6.45) is 1.62. The van der Waals surface area contributed by atoms with Crippen LogP contribution in [0.15, 0.2) is 160 Å². The summed E-state index contributed by atoms with van der Waals surface area (Å²) in [5.74, 6) is 1.41. The Labute approximate surface area is 259 Å². The summed E-state index contributed by atoms with van der Waals surface area (Å²) in [5.41, 5.74) is 7.34. The fourth-order valence-corrected chi connectivity index (χ4v) is 6.26. The van der Waals surface area contributed by atoms with Crippen molar-refractivity contribution in [2.75, 3.05) is 0 Å². The van der Waals surface area contributed by atoms with Gasteiger partial charge in [0, 0.05) is 22.9 Å². The van der Waals surface area contributed by atoms with Gasteiger partial charge in [-0.05, 0) is 56.9 Å². The summed E-state index contributed by atoms with van der Waals surface area (Å²) >= 11 is 0. The first-order valence-corrected chi connectivity index (χ1v) is 15.0. The van der Waals surface area contributed by atoms with Gasteiger partial charge < -0.3 is 9.73 Å². The van der Waals surface area contributed by atoms with Gasteiger partial charge in [0.05, 0.1) is 5.39 Å². The lowest BCUT2D eigenvalue weighted by atomic mass is 10.0. The number of fused-ring (bicyclic) bond motifs is 5. The van der Waals surface area contributed by atoms with Crippen LogP contribution in [0, 0.1) is 0 Å². The van der Waals surface area contributed by atoms with Gasteiger partial charge in [-0.3, -0.25) is 4.98 Å². The third kappa shape index (κ3) is 4.45. The molecule has 2 aromatic heterocycles. The van der Waals surface area contributed by atoms with Gasteiger partial charge in [0.25, 0.3) is 0 Å². The highest BCUT2D eigenvalue weighted by molar-refractivity contribution is 6.21. The Kier molecular flexibility index (Phi) is 5.81. The molecule has 0 spiro atoms. The van der Waals surface area contributed by atoms with Gasteiger partial charge in [0.15, 0.2) is 11.4 Å². The number of nitrogens with one attached hydrogen (secondary N) is 1. The van der Waals surface area contributed by atoms with Crippen LogP contribution < -0.4 is 5.32 Å². The maximum absolute atomic E-state index is 6.42. The number of amidine groups is 2. The van der Waals surface area contributed by atoms with Crippen molar-refractivity contribution in [2.45, 2.75) is 6.17 Å². The van der Waals surface area contributed by atoms with E-state index in [1.54, 1.807) is 0 Å². The molecule has 0 fully saturated rings. The molecular formula is C40H26N4O. The molecule has 0 aliphatic carbocycles. The molecule has 0 radical (unpaired) electrons. The predicted molar refractivity (Wildman–Crippen MR) is 184 cm³/mol. The van der Waals surface area contributed by atoms with Crippen molar-refractivity contribution in [3.8, 4) is 11.1 Å². The second-order valence-corrected chi connectivity index (χ2v) is 11.3. The second kappa shape index (κ2) is 10.3. The number of aromatic nitrogens is 1. The third-order valence-electron chi connectivity index (χ3n) is 8.54. The van der Waals surface area contributed by atoms with Gasteiger partial charge in [0.1, 0.15) is 23.1 Å². The van der Waals surface area contributed by atoms with Crippen LogP contribution in [-0.4, -0.2) is 16.7 Å². The number of nitrogens with zero attached hydrogens (tertiary/aromatic N) is 3. The summed E-state index contributed by atoms with van der Waals surface area (Å²) < 4.78 is 6.42. The zero-order chi connectivity index (χ0) is 29.7. The van der Waals surface area contributed by atoms with Gasteiger partial charge in [0.2, 0.25) is 0 Å². The van der Waals surface area contributed by atoms with Crippen LogP contribution in [-0.2, 0) is 0 Å². The number of pyridine rings is 1. The van der Waals surface area contributed by atoms with Crippen LogP contribution in [0.4, 0.5) is 0 Å². The summed E-state index contributed by atoms with van der Waals surface area (Å²) in [6, 6.07) is 48.1. The number of hydrogen-bond acceptors (Lipinski definition) is 5. The van der Waals surface area contributed by atoms with E-state index in [0.717, 1.165) is 61.1 Å². The Hall–Kier alpha value is -6.07. The normalized spacial score (nSPS) is 14.9. The molecule has 8 aromatic rings. The maximum Gasteiger partial charge on any atom is 0.160 e. The fraction of sp³-hybridized carbons (Fsp3) is 0.0250. The highest BCUT2D eigenvalue weighted by atomic mass is 16.3. The highest BCUT2D eigenvalue weighted by Gasteiger charge is 2.24. The molecule has 6 aromatic carbocycles. The Morgan fingerprint density at radius 1 is 0.556 bits per heavy atom. The van der Waals surface area contributed by atoms with E-state index in [0.29, 0.717) is 5.84 Å². The van der Waals surface area contributed by atoms with E-state index in [2.05, 4.69) is 115 Å². The van der Waals surface area contributed by atoms with E-state index in [1.165, 1.54) is 16.2 Å². The van der Waals surface area contributed by atoms with E-state index in [-0.39, 0.29) is 6.17 Å². The predicted octanol–water partition coefficient (Wildman–Crippen LogP) is 9.45. The van der Waals surface area contributed by atoms with Crippen LogP contribution in [0.3, 0.4) is 0 Å². The standard InChI is InChI=1S/C40H26N4O/c1-2-11-27(12-3-1)38-42-39(31-20-18-26-10-5-7-14-29(26)22-31)44-40(43-38)33-15-8-16-34-36(33)37-35(45-34)23-32(24-41-37)30-19-17-25-9-4-6-13-28(25)21-30/h1-24,38H,(H,42,43,44). The molecule has 45 heavy (non-hydrogen) atoms. The number of benzene rings is 6. The largest absolute Gasteiger partial charge is 0.454 e. The molecule has 0 saturated carbocycles. The van der Waals surface area contributed by atoms with Crippen molar-refractivity contribution in [3.05, 3.63) is 162 Å². The first-order valence-electron chi connectivity index (χ1n) is 15.0. The third-order valence-corrected chi connectivity index (χ3v) is 8.54. The average molecular weight is 579 g/mol. The number of aliphatic imine (C=N–C) groups is 2. The number of furan rings is 1. The zero-order valence-electron chi connectivity index (χ0n) is 24.2. The molecule has 0 amide bonds. The maximum atomic E-state index is 6.42.